The molecule has 1 aromatic heterocycles. The summed E-state index contributed by atoms with van der Waals surface area (Å²) in [6.45, 7) is 2.77. The van der Waals surface area contributed by atoms with Crippen molar-refractivity contribution in [1.82, 2.24) is 14.9 Å². The quantitative estimate of drug-likeness (QED) is 0.742. The van der Waals surface area contributed by atoms with E-state index in [1.54, 1.807) is 22.8 Å². The first kappa shape index (κ1) is 11.3. The van der Waals surface area contributed by atoms with E-state index in [1.807, 2.05) is 0 Å². The molecule has 2 aromatic rings. The molecule has 3 rings (SSSR count). The average molecular weight is 247 g/mol. The van der Waals surface area contributed by atoms with E-state index in [4.69, 9.17) is 0 Å². The Bertz CT molecular complexity index is 608. The van der Waals surface area contributed by atoms with E-state index in [9.17, 15) is 9.90 Å². The van der Waals surface area contributed by atoms with Crippen molar-refractivity contribution < 1.29 is 5.11 Å². The molecule has 0 aliphatic carbocycles. The first-order valence-electron chi connectivity index (χ1n) is 6.36. The van der Waals surface area contributed by atoms with Gasteiger partial charge in [-0.2, -0.15) is 0 Å². The minimum Gasteiger partial charge on any atom is -0.508 e. The third-order valence-corrected chi connectivity index (χ3v) is 3.66. The van der Waals surface area contributed by atoms with Crippen LogP contribution in [0.1, 0.15) is 12.8 Å². The Balaban J connectivity index is 1.97. The van der Waals surface area contributed by atoms with Gasteiger partial charge in [0.15, 0.2) is 0 Å². The number of imidazole rings is 1. The zero-order valence-corrected chi connectivity index (χ0v) is 10.1. The van der Waals surface area contributed by atoms with Gasteiger partial charge in [0.1, 0.15) is 5.75 Å². The standard InChI is InChI=1S/C13H17N3O2/c17-10-1-2-11-12(7-10)16(13(18)15-11)8-9-3-5-14-6-4-9/h1-2,7,9,14,17H,3-6,8H2,(H,15,18). The van der Waals surface area contributed by atoms with Gasteiger partial charge < -0.3 is 15.4 Å². The molecule has 0 radical (unpaired) electrons. The van der Waals surface area contributed by atoms with Crippen molar-refractivity contribution in [3.05, 3.63) is 28.7 Å². The fraction of sp³-hybridized carbons (Fsp3) is 0.462. The maximum atomic E-state index is 11.9. The Labute approximate surface area is 104 Å². The maximum Gasteiger partial charge on any atom is 0.326 e. The van der Waals surface area contributed by atoms with Crippen LogP contribution in [0.25, 0.3) is 11.0 Å². The molecular formula is C13H17N3O2. The summed E-state index contributed by atoms with van der Waals surface area (Å²) in [5.74, 6) is 0.728. The summed E-state index contributed by atoms with van der Waals surface area (Å²) in [6, 6.07) is 4.98. The molecule has 0 bridgehead atoms. The minimum absolute atomic E-state index is 0.0888. The van der Waals surface area contributed by atoms with Crippen molar-refractivity contribution in [2.24, 2.45) is 5.92 Å². The van der Waals surface area contributed by atoms with Crippen molar-refractivity contribution in [2.45, 2.75) is 19.4 Å². The van der Waals surface area contributed by atoms with Crippen molar-refractivity contribution in [3.8, 4) is 5.75 Å². The molecule has 0 saturated carbocycles. The largest absolute Gasteiger partial charge is 0.508 e. The molecule has 2 heterocycles. The highest BCUT2D eigenvalue weighted by atomic mass is 16.3. The number of rotatable bonds is 2. The number of nitrogens with zero attached hydrogens (tertiary/aromatic N) is 1. The number of piperidine rings is 1. The van der Waals surface area contributed by atoms with Crippen LogP contribution in [0.15, 0.2) is 23.0 Å². The van der Waals surface area contributed by atoms with E-state index in [0.29, 0.717) is 5.92 Å². The van der Waals surface area contributed by atoms with Crippen LogP contribution < -0.4 is 11.0 Å². The van der Waals surface area contributed by atoms with Crippen LogP contribution in [-0.2, 0) is 6.54 Å². The summed E-state index contributed by atoms with van der Waals surface area (Å²) in [4.78, 5) is 14.8. The lowest BCUT2D eigenvalue weighted by Gasteiger charge is -2.22. The minimum atomic E-state index is -0.0888. The lowest BCUT2D eigenvalue weighted by Crippen LogP contribution is -2.31. The second-order valence-electron chi connectivity index (χ2n) is 4.94. The van der Waals surface area contributed by atoms with Crippen LogP contribution in [0.4, 0.5) is 0 Å². The first-order chi connectivity index (χ1) is 8.74. The van der Waals surface area contributed by atoms with E-state index in [2.05, 4.69) is 10.3 Å². The van der Waals surface area contributed by atoms with Gasteiger partial charge in [-0.1, -0.05) is 0 Å². The van der Waals surface area contributed by atoms with Crippen LogP contribution in [0.3, 0.4) is 0 Å². The van der Waals surface area contributed by atoms with E-state index in [0.717, 1.165) is 43.5 Å². The summed E-state index contributed by atoms with van der Waals surface area (Å²) in [5, 5.41) is 12.9. The highest BCUT2D eigenvalue weighted by Crippen LogP contribution is 2.20. The fourth-order valence-electron chi connectivity index (χ4n) is 2.64. The van der Waals surface area contributed by atoms with Gasteiger partial charge >= 0.3 is 5.69 Å². The van der Waals surface area contributed by atoms with Crippen molar-refractivity contribution >= 4 is 11.0 Å². The molecular weight excluding hydrogens is 230 g/mol. The predicted octanol–water partition coefficient (Wildman–Crippen LogP) is 1.03. The molecule has 18 heavy (non-hydrogen) atoms. The van der Waals surface area contributed by atoms with Crippen molar-refractivity contribution in [1.29, 1.82) is 0 Å². The second kappa shape index (κ2) is 4.49. The zero-order valence-electron chi connectivity index (χ0n) is 10.1. The topological polar surface area (TPSA) is 70.0 Å². The molecule has 0 atom stereocenters. The van der Waals surface area contributed by atoms with Crippen molar-refractivity contribution in [2.75, 3.05) is 13.1 Å². The number of nitrogens with one attached hydrogen (secondary N) is 2. The van der Waals surface area contributed by atoms with Crippen molar-refractivity contribution in [3.63, 3.8) is 0 Å². The van der Waals surface area contributed by atoms with E-state index < -0.39 is 0 Å². The number of fused-ring (bicyclic) bond motifs is 1. The monoisotopic (exact) mass is 247 g/mol. The molecule has 5 heteroatoms. The number of phenolic OH excluding ortho intramolecular Hbond substituents is 1. The molecule has 5 nitrogen and oxygen atoms in total. The van der Waals surface area contributed by atoms with Crippen LogP contribution >= 0.6 is 0 Å². The van der Waals surface area contributed by atoms with Gasteiger partial charge in [-0.25, -0.2) is 4.79 Å². The molecule has 1 fully saturated rings. The molecule has 3 N–H and O–H groups in total. The van der Waals surface area contributed by atoms with Gasteiger partial charge in [-0.3, -0.25) is 4.57 Å². The van der Waals surface area contributed by atoms with Gasteiger partial charge in [0.2, 0.25) is 0 Å². The molecule has 0 unspecified atom stereocenters. The molecule has 96 valence electrons. The van der Waals surface area contributed by atoms with Gasteiger partial charge in [-0.15, -0.1) is 0 Å². The predicted molar refractivity (Wildman–Crippen MR) is 69.8 cm³/mol. The van der Waals surface area contributed by atoms with E-state index in [-0.39, 0.29) is 11.4 Å². The Hall–Kier alpha value is -1.75. The summed E-state index contributed by atoms with van der Waals surface area (Å²) in [5.41, 5.74) is 1.49. The zero-order chi connectivity index (χ0) is 12.5. The third kappa shape index (κ3) is 2.01. The number of hydrogen-bond donors (Lipinski definition) is 3. The molecule has 0 spiro atoms. The van der Waals surface area contributed by atoms with Crippen LogP contribution in [0, 0.1) is 5.92 Å². The normalized spacial score (nSPS) is 17.3. The number of hydrogen-bond acceptors (Lipinski definition) is 3. The van der Waals surface area contributed by atoms with Gasteiger partial charge in [0.25, 0.3) is 0 Å². The average Bonchev–Trinajstić information content (AvgIpc) is 2.67. The maximum absolute atomic E-state index is 11.9. The highest BCUT2D eigenvalue weighted by Gasteiger charge is 2.16. The molecule has 1 aliphatic rings. The van der Waals surface area contributed by atoms with Crippen LogP contribution in [0.2, 0.25) is 0 Å². The number of aromatic hydroxyl groups is 1. The number of H-pyrrole nitrogens is 1. The van der Waals surface area contributed by atoms with Gasteiger partial charge in [0.05, 0.1) is 11.0 Å². The molecule has 1 aromatic carbocycles. The summed E-state index contributed by atoms with van der Waals surface area (Å²) >= 11 is 0. The van der Waals surface area contributed by atoms with Crippen LogP contribution in [-0.4, -0.2) is 27.7 Å². The van der Waals surface area contributed by atoms with Crippen LogP contribution in [0.5, 0.6) is 5.75 Å². The number of phenols is 1. The number of benzene rings is 1. The molecule has 1 aliphatic heterocycles. The number of aromatic nitrogens is 2. The fourth-order valence-corrected chi connectivity index (χ4v) is 2.64. The van der Waals surface area contributed by atoms with Gasteiger partial charge in [0, 0.05) is 12.6 Å². The summed E-state index contributed by atoms with van der Waals surface area (Å²) < 4.78 is 1.74. The summed E-state index contributed by atoms with van der Waals surface area (Å²) in [7, 11) is 0. The molecule has 1 saturated heterocycles. The lowest BCUT2D eigenvalue weighted by atomic mass is 9.98. The SMILES string of the molecule is O=c1[nH]c2ccc(O)cc2n1CC1CCNCC1. The highest BCUT2D eigenvalue weighted by molar-refractivity contribution is 5.76. The Morgan fingerprint density at radius 2 is 2.11 bits per heavy atom. The smallest absolute Gasteiger partial charge is 0.326 e. The van der Waals surface area contributed by atoms with Gasteiger partial charge in [-0.05, 0) is 44.0 Å². The Morgan fingerprint density at radius 1 is 1.33 bits per heavy atom. The Morgan fingerprint density at radius 3 is 2.89 bits per heavy atom. The van der Waals surface area contributed by atoms with E-state index >= 15 is 0 Å². The second-order valence-corrected chi connectivity index (χ2v) is 4.94. The summed E-state index contributed by atoms with van der Waals surface area (Å²) in [6.07, 6.45) is 2.19. The Kier molecular flexibility index (Phi) is 2.83. The lowest BCUT2D eigenvalue weighted by molar-refractivity contribution is 0.333. The number of aromatic amines is 1. The first-order valence-corrected chi connectivity index (χ1v) is 6.36. The third-order valence-electron chi connectivity index (χ3n) is 3.66. The molecule has 0 amide bonds. The van der Waals surface area contributed by atoms with E-state index in [1.165, 1.54) is 0 Å².